The van der Waals surface area contributed by atoms with Crippen LogP contribution in [0.5, 0.6) is 0 Å². The molecule has 0 amide bonds. The molecule has 0 aromatic carbocycles. The molecule has 3 rings (SSSR count). The number of sulfonamides is 1. The first kappa shape index (κ1) is 19.5. The van der Waals surface area contributed by atoms with Crippen LogP contribution >= 0.6 is 22.9 Å². The molecule has 0 aliphatic carbocycles. The van der Waals surface area contributed by atoms with Gasteiger partial charge in [-0.15, -0.1) is 11.3 Å². The van der Waals surface area contributed by atoms with Gasteiger partial charge in [-0.05, 0) is 31.2 Å². The fourth-order valence-corrected chi connectivity index (χ4v) is 4.74. The zero-order valence-corrected chi connectivity index (χ0v) is 16.7. The van der Waals surface area contributed by atoms with Gasteiger partial charge in [-0.2, -0.15) is 0 Å². The SMILES string of the molecule is Cc1nc(NCCNS(=O)(=O)c2ccc(Cl)s2)cc(Nc2ccccn2)n1. The lowest BCUT2D eigenvalue weighted by Gasteiger charge is -2.10. The molecular weight excluding hydrogens is 408 g/mol. The van der Waals surface area contributed by atoms with Gasteiger partial charge in [-0.25, -0.2) is 28.1 Å². The van der Waals surface area contributed by atoms with Crippen molar-refractivity contribution in [3.05, 3.63) is 52.8 Å². The Balaban J connectivity index is 1.56. The minimum absolute atomic E-state index is 0.187. The number of aromatic nitrogens is 3. The number of aryl methyl sites for hydroxylation is 1. The van der Waals surface area contributed by atoms with Gasteiger partial charge in [0.2, 0.25) is 10.0 Å². The number of hydrogen-bond acceptors (Lipinski definition) is 8. The van der Waals surface area contributed by atoms with E-state index in [0.717, 1.165) is 11.3 Å². The molecule has 0 aliphatic rings. The highest BCUT2D eigenvalue weighted by atomic mass is 35.5. The maximum absolute atomic E-state index is 12.1. The zero-order valence-electron chi connectivity index (χ0n) is 14.3. The lowest BCUT2D eigenvalue weighted by atomic mass is 10.4. The molecule has 0 saturated carbocycles. The van der Waals surface area contributed by atoms with E-state index >= 15 is 0 Å². The third-order valence-electron chi connectivity index (χ3n) is 3.30. The minimum atomic E-state index is -3.56. The smallest absolute Gasteiger partial charge is 0.250 e. The van der Waals surface area contributed by atoms with E-state index in [4.69, 9.17) is 11.6 Å². The number of pyridine rings is 1. The summed E-state index contributed by atoms with van der Waals surface area (Å²) in [7, 11) is -3.56. The zero-order chi connectivity index (χ0) is 19.3. The second-order valence-corrected chi connectivity index (χ2v) is 9.12. The molecule has 0 unspecified atom stereocenters. The summed E-state index contributed by atoms with van der Waals surface area (Å²) in [5, 5.41) is 6.18. The van der Waals surface area contributed by atoms with E-state index < -0.39 is 10.0 Å². The summed E-state index contributed by atoms with van der Waals surface area (Å²) >= 11 is 6.80. The molecule has 0 fully saturated rings. The largest absolute Gasteiger partial charge is 0.369 e. The molecule has 3 aromatic heterocycles. The molecule has 3 N–H and O–H groups in total. The maximum atomic E-state index is 12.1. The summed E-state index contributed by atoms with van der Waals surface area (Å²) in [6.45, 7) is 2.33. The lowest BCUT2D eigenvalue weighted by Crippen LogP contribution is -2.28. The summed E-state index contributed by atoms with van der Waals surface area (Å²) in [6, 6.07) is 10.3. The van der Waals surface area contributed by atoms with Crippen molar-refractivity contribution in [2.24, 2.45) is 0 Å². The van der Waals surface area contributed by atoms with E-state index in [9.17, 15) is 8.42 Å². The van der Waals surface area contributed by atoms with Gasteiger partial charge in [0.25, 0.3) is 0 Å². The molecular formula is C16H17ClN6O2S2. The number of nitrogens with one attached hydrogen (secondary N) is 3. The van der Waals surface area contributed by atoms with Crippen molar-refractivity contribution in [2.45, 2.75) is 11.1 Å². The summed E-state index contributed by atoms with van der Waals surface area (Å²) in [6.07, 6.45) is 1.68. The number of nitrogens with zero attached hydrogens (tertiary/aromatic N) is 3. The van der Waals surface area contributed by atoms with Crippen LogP contribution in [-0.2, 0) is 10.0 Å². The van der Waals surface area contributed by atoms with Gasteiger partial charge in [0.05, 0.1) is 4.34 Å². The Morgan fingerprint density at radius 3 is 2.59 bits per heavy atom. The number of hydrogen-bond donors (Lipinski definition) is 3. The summed E-state index contributed by atoms with van der Waals surface area (Å²) in [5.74, 6) is 2.42. The highest BCUT2D eigenvalue weighted by Crippen LogP contribution is 2.25. The second kappa shape index (κ2) is 8.61. The van der Waals surface area contributed by atoms with Gasteiger partial charge in [-0.3, -0.25) is 0 Å². The fraction of sp³-hybridized carbons (Fsp3) is 0.188. The first-order valence-corrected chi connectivity index (χ1v) is 10.6. The normalized spacial score (nSPS) is 11.3. The van der Waals surface area contributed by atoms with Crippen molar-refractivity contribution in [2.75, 3.05) is 23.7 Å². The van der Waals surface area contributed by atoms with Gasteiger partial charge in [0, 0.05) is 25.4 Å². The Kier molecular flexibility index (Phi) is 6.22. The van der Waals surface area contributed by atoms with Gasteiger partial charge < -0.3 is 10.6 Å². The first-order valence-electron chi connectivity index (χ1n) is 7.95. The van der Waals surface area contributed by atoms with Crippen molar-refractivity contribution in [3.63, 3.8) is 0 Å². The van der Waals surface area contributed by atoms with E-state index in [1.165, 1.54) is 6.07 Å². The van der Waals surface area contributed by atoms with Crippen molar-refractivity contribution >= 4 is 50.4 Å². The van der Waals surface area contributed by atoms with E-state index in [1.54, 1.807) is 25.3 Å². The van der Waals surface area contributed by atoms with Gasteiger partial charge in [-0.1, -0.05) is 17.7 Å². The Bertz CT molecular complexity index is 1010. The number of halogens is 1. The third kappa shape index (κ3) is 5.60. The lowest BCUT2D eigenvalue weighted by molar-refractivity contribution is 0.585. The van der Waals surface area contributed by atoms with Gasteiger partial charge in [0.1, 0.15) is 27.5 Å². The molecule has 0 atom stereocenters. The van der Waals surface area contributed by atoms with Crippen LogP contribution in [0.1, 0.15) is 5.82 Å². The number of rotatable bonds is 8. The van der Waals surface area contributed by atoms with Crippen LogP contribution in [0.4, 0.5) is 17.5 Å². The molecule has 0 aliphatic heterocycles. The Labute approximate surface area is 166 Å². The quantitative estimate of drug-likeness (QED) is 0.477. The number of anilines is 3. The van der Waals surface area contributed by atoms with Crippen LogP contribution in [0.25, 0.3) is 0 Å². The molecule has 0 saturated heterocycles. The van der Waals surface area contributed by atoms with Gasteiger partial charge >= 0.3 is 0 Å². The summed E-state index contributed by atoms with van der Waals surface area (Å²) in [4.78, 5) is 12.8. The monoisotopic (exact) mass is 424 g/mol. The van der Waals surface area contributed by atoms with E-state index in [2.05, 4.69) is 30.3 Å². The highest BCUT2D eigenvalue weighted by Gasteiger charge is 2.15. The Hall–Kier alpha value is -2.27. The Morgan fingerprint density at radius 2 is 1.89 bits per heavy atom. The maximum Gasteiger partial charge on any atom is 0.250 e. The molecule has 8 nitrogen and oxygen atoms in total. The average molecular weight is 425 g/mol. The van der Waals surface area contributed by atoms with Crippen molar-refractivity contribution in [3.8, 4) is 0 Å². The Morgan fingerprint density at radius 1 is 1.07 bits per heavy atom. The van der Waals surface area contributed by atoms with Crippen LogP contribution in [0.15, 0.2) is 46.8 Å². The molecule has 11 heteroatoms. The van der Waals surface area contributed by atoms with E-state index in [-0.39, 0.29) is 10.8 Å². The standard InChI is InChI=1S/C16H17ClN6O2S2/c1-11-21-14(10-15(22-11)23-13-4-2-3-7-18-13)19-8-9-20-27(24,25)16-6-5-12(17)26-16/h2-7,10,20H,8-9H2,1H3,(H2,18,19,21,22,23). The van der Waals surface area contributed by atoms with Crippen LogP contribution < -0.4 is 15.4 Å². The van der Waals surface area contributed by atoms with Crippen molar-refractivity contribution in [1.29, 1.82) is 0 Å². The fourth-order valence-electron chi connectivity index (χ4n) is 2.18. The van der Waals surface area contributed by atoms with Crippen LogP contribution in [0.3, 0.4) is 0 Å². The molecule has 3 aromatic rings. The van der Waals surface area contributed by atoms with E-state index in [0.29, 0.717) is 34.2 Å². The molecule has 3 heterocycles. The molecule has 0 radical (unpaired) electrons. The average Bonchev–Trinajstić information content (AvgIpc) is 3.07. The van der Waals surface area contributed by atoms with Gasteiger partial charge in [0.15, 0.2) is 0 Å². The third-order valence-corrected chi connectivity index (χ3v) is 6.48. The topological polar surface area (TPSA) is 109 Å². The van der Waals surface area contributed by atoms with Crippen molar-refractivity contribution in [1.82, 2.24) is 19.7 Å². The first-order chi connectivity index (χ1) is 12.9. The highest BCUT2D eigenvalue weighted by molar-refractivity contribution is 7.91. The number of thiophene rings is 1. The van der Waals surface area contributed by atoms with Crippen LogP contribution in [0, 0.1) is 6.92 Å². The predicted molar refractivity (Wildman–Crippen MR) is 107 cm³/mol. The minimum Gasteiger partial charge on any atom is -0.369 e. The second-order valence-electron chi connectivity index (χ2n) is 5.41. The molecule has 0 bridgehead atoms. The van der Waals surface area contributed by atoms with E-state index in [1.807, 2.05) is 18.2 Å². The van der Waals surface area contributed by atoms with Crippen molar-refractivity contribution < 1.29 is 8.42 Å². The molecule has 0 spiro atoms. The summed E-state index contributed by atoms with van der Waals surface area (Å²) < 4.78 is 27.4. The van der Waals surface area contributed by atoms with Crippen LogP contribution in [0.2, 0.25) is 4.34 Å². The van der Waals surface area contributed by atoms with Crippen LogP contribution in [-0.4, -0.2) is 36.5 Å². The predicted octanol–water partition coefficient (Wildman–Crippen LogP) is 3.03. The molecule has 142 valence electrons. The summed E-state index contributed by atoms with van der Waals surface area (Å²) in [5.41, 5.74) is 0. The molecule has 27 heavy (non-hydrogen) atoms.